The number of carbonyl (C=O) groups excluding carboxylic acids is 4. The molecule has 7 nitrogen and oxygen atoms in total. The summed E-state index contributed by atoms with van der Waals surface area (Å²) in [4.78, 5) is 53.1. The zero-order valence-corrected chi connectivity index (χ0v) is 21.1. The van der Waals surface area contributed by atoms with Gasteiger partial charge in [0, 0.05) is 13.5 Å². The van der Waals surface area contributed by atoms with Crippen LogP contribution in [0.15, 0.2) is 0 Å². The van der Waals surface area contributed by atoms with Crippen LogP contribution in [0, 0.1) is 22.7 Å². The fourth-order valence-electron chi connectivity index (χ4n) is 6.07. The summed E-state index contributed by atoms with van der Waals surface area (Å²) >= 11 is 0. The molecule has 2 amide bonds. The number of nitrogens with one attached hydrogen (secondary N) is 1. The summed E-state index contributed by atoms with van der Waals surface area (Å²) < 4.78 is 0. The number of piperidine rings is 1. The van der Waals surface area contributed by atoms with Crippen LogP contribution in [0.25, 0.3) is 0 Å². The molecule has 3 fully saturated rings. The highest BCUT2D eigenvalue weighted by Gasteiger charge is 2.69. The van der Waals surface area contributed by atoms with Crippen LogP contribution in [0.4, 0.5) is 0 Å². The minimum atomic E-state index is -0.825. The summed E-state index contributed by atoms with van der Waals surface area (Å²) in [5, 5.41) is 2.87. The highest BCUT2D eigenvalue weighted by atomic mass is 16.2. The molecule has 2 aliphatic heterocycles. The zero-order chi connectivity index (χ0) is 24.6. The lowest BCUT2D eigenvalue weighted by Crippen LogP contribution is -2.59. The molecular weight excluding hydrogens is 418 g/mol. The maximum absolute atomic E-state index is 13.5. The van der Waals surface area contributed by atoms with Crippen LogP contribution in [0.5, 0.6) is 0 Å². The van der Waals surface area contributed by atoms with Crippen LogP contribution in [0.3, 0.4) is 0 Å². The van der Waals surface area contributed by atoms with Gasteiger partial charge in [0.05, 0.1) is 12.1 Å². The molecule has 0 spiro atoms. The van der Waals surface area contributed by atoms with Crippen LogP contribution >= 0.6 is 0 Å². The molecule has 186 valence electrons. The van der Waals surface area contributed by atoms with E-state index in [0.717, 1.165) is 51.4 Å². The molecule has 33 heavy (non-hydrogen) atoms. The van der Waals surface area contributed by atoms with Crippen molar-refractivity contribution in [2.45, 2.75) is 111 Å². The quantitative estimate of drug-likeness (QED) is 0.615. The molecule has 3 N–H and O–H groups in total. The molecule has 7 heteroatoms. The minimum Gasteiger partial charge on any atom is -0.344 e. The Balaban J connectivity index is 1.87. The van der Waals surface area contributed by atoms with Crippen molar-refractivity contribution in [3.8, 4) is 0 Å². The van der Waals surface area contributed by atoms with Crippen molar-refractivity contribution in [2.24, 2.45) is 28.4 Å². The second-order valence-corrected chi connectivity index (χ2v) is 11.9. The number of amides is 2. The number of ketones is 2. The van der Waals surface area contributed by atoms with Gasteiger partial charge in [0.25, 0.3) is 0 Å². The fraction of sp³-hybridized carbons (Fsp3) is 0.846. The van der Waals surface area contributed by atoms with E-state index in [1.54, 1.807) is 4.90 Å². The molecule has 3 rings (SSSR count). The maximum atomic E-state index is 13.5. The summed E-state index contributed by atoms with van der Waals surface area (Å²) in [5.41, 5.74) is 6.12. The third-order valence-electron chi connectivity index (χ3n) is 8.66. The normalized spacial score (nSPS) is 35.1. The molecule has 1 aliphatic carbocycles. The lowest BCUT2D eigenvalue weighted by atomic mass is 9.79. The zero-order valence-electron chi connectivity index (χ0n) is 21.1. The largest absolute Gasteiger partial charge is 0.344 e. The Bertz CT molecular complexity index is 790. The van der Waals surface area contributed by atoms with E-state index in [4.69, 9.17) is 5.73 Å². The third-order valence-corrected chi connectivity index (χ3v) is 8.66. The van der Waals surface area contributed by atoms with Crippen LogP contribution in [0.2, 0.25) is 0 Å². The first-order valence-electron chi connectivity index (χ1n) is 12.8. The molecule has 0 bridgehead atoms. The lowest BCUT2D eigenvalue weighted by molar-refractivity contribution is -0.144. The van der Waals surface area contributed by atoms with Gasteiger partial charge in [0.1, 0.15) is 6.04 Å². The molecular formula is C26H43N3O4. The van der Waals surface area contributed by atoms with E-state index in [9.17, 15) is 19.2 Å². The van der Waals surface area contributed by atoms with Gasteiger partial charge in [-0.1, -0.05) is 72.6 Å². The second kappa shape index (κ2) is 9.85. The van der Waals surface area contributed by atoms with Crippen molar-refractivity contribution in [1.82, 2.24) is 10.2 Å². The van der Waals surface area contributed by atoms with Crippen molar-refractivity contribution in [3.63, 3.8) is 0 Å². The molecule has 1 unspecified atom stereocenters. The van der Waals surface area contributed by atoms with E-state index in [2.05, 4.69) is 19.2 Å². The highest BCUT2D eigenvalue weighted by Crippen LogP contribution is 2.65. The number of carbonyl (C=O) groups is 4. The number of hydrogen-bond acceptors (Lipinski definition) is 5. The summed E-state index contributed by atoms with van der Waals surface area (Å²) in [5.74, 6) is -1.30. The Morgan fingerprint density at radius 3 is 2.15 bits per heavy atom. The van der Waals surface area contributed by atoms with Gasteiger partial charge in [0.15, 0.2) is 5.78 Å². The van der Waals surface area contributed by atoms with Crippen molar-refractivity contribution in [1.29, 1.82) is 0 Å². The SMILES string of the molecule is CC(=O)C(=O)[C@@H]1CCCCCCCCCC(C)(C)[C@H](N)C(=O)N2C[C@H]3C([C@H]2C(=O)N1)C3(C)C. The highest BCUT2D eigenvalue weighted by molar-refractivity contribution is 6.38. The molecule has 3 aliphatic rings. The monoisotopic (exact) mass is 461 g/mol. The van der Waals surface area contributed by atoms with Crippen LogP contribution < -0.4 is 11.1 Å². The number of hydrogen-bond donors (Lipinski definition) is 2. The van der Waals surface area contributed by atoms with Crippen LogP contribution in [0.1, 0.15) is 92.4 Å². The molecule has 1 saturated carbocycles. The van der Waals surface area contributed by atoms with E-state index in [1.807, 2.05) is 13.8 Å². The third kappa shape index (κ3) is 5.33. The van der Waals surface area contributed by atoms with Gasteiger partial charge in [0.2, 0.25) is 17.6 Å². The van der Waals surface area contributed by atoms with Gasteiger partial charge >= 0.3 is 0 Å². The smallest absolute Gasteiger partial charge is 0.243 e. The Hall–Kier alpha value is -1.76. The topological polar surface area (TPSA) is 110 Å². The molecule has 0 radical (unpaired) electrons. The van der Waals surface area contributed by atoms with Crippen LogP contribution in [-0.2, 0) is 19.2 Å². The number of rotatable bonds is 2. The van der Waals surface area contributed by atoms with Gasteiger partial charge in [-0.2, -0.15) is 0 Å². The summed E-state index contributed by atoms with van der Waals surface area (Å²) in [7, 11) is 0. The fourth-order valence-corrected chi connectivity index (χ4v) is 6.07. The number of Topliss-reactive ketones (excluding diaryl/α,β-unsaturated/α-hetero) is 2. The van der Waals surface area contributed by atoms with Crippen molar-refractivity contribution in [3.05, 3.63) is 0 Å². The average Bonchev–Trinajstić information content (AvgIpc) is 3.09. The average molecular weight is 462 g/mol. The van der Waals surface area contributed by atoms with E-state index in [0.29, 0.717) is 13.0 Å². The first kappa shape index (κ1) is 25.9. The molecule has 5 atom stereocenters. The minimum absolute atomic E-state index is 0.0305. The molecule has 2 saturated heterocycles. The summed E-state index contributed by atoms with van der Waals surface area (Å²) in [6.45, 7) is 10.1. The first-order valence-corrected chi connectivity index (χ1v) is 12.8. The molecule has 0 aromatic rings. The Morgan fingerprint density at radius 1 is 0.970 bits per heavy atom. The van der Waals surface area contributed by atoms with Crippen molar-refractivity contribution in [2.75, 3.05) is 6.54 Å². The van der Waals surface area contributed by atoms with Crippen molar-refractivity contribution >= 4 is 23.4 Å². The summed E-state index contributed by atoms with van der Waals surface area (Å²) in [6.07, 6.45) is 8.56. The number of fused-ring (bicyclic) bond motifs is 3. The van der Waals surface area contributed by atoms with Crippen LogP contribution in [-0.4, -0.2) is 53.0 Å². The number of nitrogens with two attached hydrogens (primary N) is 1. The van der Waals surface area contributed by atoms with Gasteiger partial charge < -0.3 is 16.0 Å². The predicted octanol–water partition coefficient (Wildman–Crippen LogP) is 2.99. The van der Waals surface area contributed by atoms with Gasteiger partial charge in [-0.25, -0.2) is 0 Å². The lowest BCUT2D eigenvalue weighted by Gasteiger charge is -2.37. The number of nitrogens with zero attached hydrogens (tertiary/aromatic N) is 1. The van der Waals surface area contributed by atoms with Gasteiger partial charge in [-0.05, 0) is 35.5 Å². The second-order valence-electron chi connectivity index (χ2n) is 11.9. The standard InChI is InChI=1S/C26H43N3O4/c1-16(30)21(31)18-13-11-9-7-6-8-10-12-14-25(2,3)22(27)24(33)29-15-17-19(26(17,4)5)20(29)23(32)28-18/h17-20,22H,6-15,27H2,1-5H3,(H,28,32)/t17-,18-,19?,20-,22+/m0/s1. The summed E-state index contributed by atoms with van der Waals surface area (Å²) in [6, 6.07) is -2.15. The Labute approximate surface area is 198 Å². The van der Waals surface area contributed by atoms with E-state index in [1.165, 1.54) is 6.92 Å². The molecule has 0 aromatic heterocycles. The van der Waals surface area contributed by atoms with Gasteiger partial charge in [-0.15, -0.1) is 0 Å². The maximum Gasteiger partial charge on any atom is 0.243 e. The Morgan fingerprint density at radius 2 is 1.55 bits per heavy atom. The molecule has 2 heterocycles. The Kier molecular flexibility index (Phi) is 7.72. The van der Waals surface area contributed by atoms with E-state index < -0.39 is 29.7 Å². The molecule has 0 aromatic carbocycles. The predicted molar refractivity (Wildman–Crippen MR) is 127 cm³/mol. The van der Waals surface area contributed by atoms with E-state index >= 15 is 0 Å². The van der Waals surface area contributed by atoms with E-state index in [-0.39, 0.29) is 34.5 Å². The van der Waals surface area contributed by atoms with Crippen molar-refractivity contribution < 1.29 is 19.2 Å². The van der Waals surface area contributed by atoms with Gasteiger partial charge in [-0.3, -0.25) is 19.2 Å². The first-order chi connectivity index (χ1) is 15.4.